The molecule has 3 N–H and O–H groups in total. The molecule has 10 heteroatoms. The number of allylic oxidation sites excluding steroid dienone is 1. The maximum absolute atomic E-state index is 11.8. The lowest BCUT2D eigenvalue weighted by atomic mass is 9.97. The highest BCUT2D eigenvalue weighted by Crippen LogP contribution is 2.27. The van der Waals surface area contributed by atoms with Gasteiger partial charge >= 0.3 is 17.9 Å². The highest BCUT2D eigenvalue weighted by molar-refractivity contribution is 5.92. The van der Waals surface area contributed by atoms with Gasteiger partial charge in [-0.15, -0.1) is 0 Å². The van der Waals surface area contributed by atoms with Gasteiger partial charge in [-0.25, -0.2) is 0 Å². The van der Waals surface area contributed by atoms with E-state index in [9.17, 15) is 19.2 Å². The number of amides is 1. The van der Waals surface area contributed by atoms with Gasteiger partial charge in [0.05, 0.1) is 29.5 Å². The quantitative estimate of drug-likeness (QED) is 0.519. The molecule has 2 aliphatic heterocycles. The third kappa shape index (κ3) is 13.3. The van der Waals surface area contributed by atoms with E-state index in [-0.39, 0.29) is 36.3 Å². The van der Waals surface area contributed by atoms with Crippen LogP contribution in [0.2, 0.25) is 0 Å². The molecule has 0 spiro atoms. The van der Waals surface area contributed by atoms with Crippen molar-refractivity contribution in [1.29, 1.82) is 0 Å². The fraction of sp³-hybridized carbons (Fsp3) is 0.704. The first kappa shape index (κ1) is 34.1. The number of nitrogens with two attached hydrogens (primary N) is 1. The number of hydrogen-bond donors (Lipinski definition) is 2. The summed E-state index contributed by atoms with van der Waals surface area (Å²) in [5.74, 6) is -1.57. The Kier molecular flexibility index (Phi) is 13.1. The minimum atomic E-state index is -0.757. The van der Waals surface area contributed by atoms with Crippen LogP contribution < -0.4 is 5.73 Å². The monoisotopic (exact) mass is 526 g/mol. The molecular formula is C27H46N2O8. The van der Waals surface area contributed by atoms with Crippen LogP contribution in [0, 0.1) is 16.2 Å². The number of esters is 2. The Morgan fingerprint density at radius 2 is 1.49 bits per heavy atom. The molecule has 0 radical (unpaired) electrons. The van der Waals surface area contributed by atoms with Gasteiger partial charge in [-0.1, -0.05) is 6.08 Å². The first-order chi connectivity index (χ1) is 16.7. The zero-order valence-electron chi connectivity index (χ0n) is 24.0. The van der Waals surface area contributed by atoms with E-state index < -0.39 is 22.7 Å². The molecule has 0 aromatic rings. The van der Waals surface area contributed by atoms with Crippen LogP contribution in [0.5, 0.6) is 0 Å². The molecule has 1 saturated heterocycles. The number of ether oxygens (including phenoxy) is 3. The highest BCUT2D eigenvalue weighted by atomic mass is 16.6. The number of carboxylic acids is 1. The second kappa shape index (κ2) is 14.2. The van der Waals surface area contributed by atoms with Crippen molar-refractivity contribution in [2.75, 3.05) is 13.7 Å². The topological polar surface area (TPSA) is 145 Å². The normalized spacial score (nSPS) is 19.4. The van der Waals surface area contributed by atoms with Gasteiger partial charge in [0.1, 0.15) is 12.8 Å². The van der Waals surface area contributed by atoms with Crippen molar-refractivity contribution >= 4 is 23.8 Å². The first-order valence-electron chi connectivity index (χ1n) is 12.3. The van der Waals surface area contributed by atoms with E-state index in [0.717, 1.165) is 12.8 Å². The summed E-state index contributed by atoms with van der Waals surface area (Å²) in [6.45, 7) is 16.2. The molecule has 1 fully saturated rings. The Hall–Kier alpha value is -2.88. The van der Waals surface area contributed by atoms with Crippen LogP contribution in [-0.4, -0.2) is 59.9 Å². The Balaban J connectivity index is 0.000000711. The van der Waals surface area contributed by atoms with Crippen LogP contribution in [-0.2, 0) is 33.4 Å². The summed E-state index contributed by atoms with van der Waals surface area (Å²) < 4.78 is 15.7. The molecule has 0 aliphatic carbocycles. The summed E-state index contributed by atoms with van der Waals surface area (Å²) in [4.78, 5) is 45.5. The van der Waals surface area contributed by atoms with E-state index in [0.29, 0.717) is 12.0 Å². The van der Waals surface area contributed by atoms with Crippen LogP contribution in [0.4, 0.5) is 0 Å². The third-order valence-electron chi connectivity index (χ3n) is 5.11. The summed E-state index contributed by atoms with van der Waals surface area (Å²) in [7, 11) is 1.40. The third-order valence-corrected chi connectivity index (χ3v) is 5.11. The van der Waals surface area contributed by atoms with E-state index >= 15 is 0 Å². The molecule has 2 heterocycles. The lowest BCUT2D eigenvalue weighted by molar-refractivity contribution is -0.157. The fourth-order valence-electron chi connectivity index (χ4n) is 2.64. The van der Waals surface area contributed by atoms with Crippen LogP contribution in [0.1, 0.15) is 81.6 Å². The Morgan fingerprint density at radius 1 is 0.973 bits per heavy atom. The second-order valence-electron chi connectivity index (χ2n) is 12.0. The molecule has 1 unspecified atom stereocenters. The number of carboxylic acid groups (broad SMARTS) is 1. The van der Waals surface area contributed by atoms with Crippen molar-refractivity contribution in [2.45, 2.75) is 93.9 Å². The molecule has 0 bridgehead atoms. The number of rotatable bonds is 4. The summed E-state index contributed by atoms with van der Waals surface area (Å²) in [5.41, 5.74) is 4.43. The van der Waals surface area contributed by atoms with E-state index in [1.807, 2.05) is 58.7 Å². The Labute approximate surface area is 221 Å². The molecule has 0 aromatic carbocycles. The van der Waals surface area contributed by atoms with Crippen molar-refractivity contribution in [3.05, 3.63) is 24.0 Å². The summed E-state index contributed by atoms with van der Waals surface area (Å²) in [5, 5.41) is 8.25. The molecule has 2 rings (SSSR count). The summed E-state index contributed by atoms with van der Waals surface area (Å²) in [6.07, 6.45) is 7.41. The van der Waals surface area contributed by atoms with Crippen molar-refractivity contribution in [1.82, 2.24) is 4.90 Å². The Morgan fingerprint density at radius 3 is 1.86 bits per heavy atom. The van der Waals surface area contributed by atoms with Crippen molar-refractivity contribution < 1.29 is 38.5 Å². The van der Waals surface area contributed by atoms with Crippen molar-refractivity contribution in [3.8, 4) is 0 Å². The number of hydrogen-bond acceptors (Lipinski definition) is 8. The van der Waals surface area contributed by atoms with Gasteiger partial charge in [-0.05, 0) is 81.6 Å². The van der Waals surface area contributed by atoms with Crippen molar-refractivity contribution in [3.63, 3.8) is 0 Å². The van der Waals surface area contributed by atoms with Gasteiger partial charge in [-0.2, -0.15) is 0 Å². The van der Waals surface area contributed by atoms with Crippen LogP contribution in [0.3, 0.4) is 0 Å². The molecule has 1 amide bonds. The molecule has 0 saturated carbocycles. The average Bonchev–Trinajstić information content (AvgIpc) is 3.25. The molecular weight excluding hydrogens is 480 g/mol. The fourth-order valence-corrected chi connectivity index (χ4v) is 2.64. The lowest BCUT2D eigenvalue weighted by Crippen LogP contribution is -2.31. The molecule has 0 aromatic heterocycles. The summed E-state index contributed by atoms with van der Waals surface area (Å²) in [6, 6.07) is 0. The van der Waals surface area contributed by atoms with Gasteiger partial charge in [-0.3, -0.25) is 19.2 Å². The number of nitrogens with zero attached hydrogens (tertiary/aromatic N) is 1. The minimum absolute atomic E-state index is 0.114. The minimum Gasteiger partial charge on any atom is -0.481 e. The van der Waals surface area contributed by atoms with Crippen LogP contribution in [0.15, 0.2) is 24.0 Å². The molecule has 212 valence electrons. The summed E-state index contributed by atoms with van der Waals surface area (Å²) >= 11 is 0. The first-order valence-corrected chi connectivity index (χ1v) is 12.3. The van der Waals surface area contributed by atoms with Gasteiger partial charge in [0.15, 0.2) is 0 Å². The van der Waals surface area contributed by atoms with Gasteiger partial charge in [0.25, 0.3) is 0 Å². The zero-order valence-corrected chi connectivity index (χ0v) is 24.0. The van der Waals surface area contributed by atoms with E-state index in [4.69, 9.17) is 20.3 Å². The smallest absolute Gasteiger partial charge is 0.311 e. The number of carbonyl (C=O) groups excluding carboxylic acids is 3. The second-order valence-corrected chi connectivity index (χ2v) is 12.0. The highest BCUT2D eigenvalue weighted by Gasteiger charge is 2.31. The average molecular weight is 527 g/mol. The number of primary amides is 1. The van der Waals surface area contributed by atoms with E-state index in [1.165, 1.54) is 7.11 Å². The van der Waals surface area contributed by atoms with Gasteiger partial charge in [0.2, 0.25) is 5.91 Å². The molecule has 2 atom stereocenters. The number of methoxy groups -OCH3 is 1. The molecule has 37 heavy (non-hydrogen) atoms. The van der Waals surface area contributed by atoms with Crippen molar-refractivity contribution in [2.24, 2.45) is 22.0 Å². The Bertz CT molecular complexity index is 857. The largest absolute Gasteiger partial charge is 0.481 e. The number of aliphatic carboxylic acids is 1. The lowest BCUT2D eigenvalue weighted by Gasteiger charge is -2.27. The molecule has 2 aliphatic rings. The van der Waals surface area contributed by atoms with E-state index in [1.54, 1.807) is 27.0 Å². The maximum atomic E-state index is 11.8. The van der Waals surface area contributed by atoms with Gasteiger partial charge < -0.3 is 30.0 Å². The zero-order chi connectivity index (χ0) is 29.2. The van der Waals surface area contributed by atoms with Crippen LogP contribution >= 0.6 is 0 Å². The standard InChI is InChI=1S/C16H24N2O4.C6H12O2.C5H10O2/c1-16(2,3)15(20)21-10-12-6-7-13(22-12)18-8-4-5-11(9-18)14(17)19;1-6(2,3)5(7)8-4;1-5(2,3)4(6)7/h4,8-9,12-13H,5-7,10H2,1-3H3,(H2,17,19);1-4H3;1-3H3,(H,6,7)/t12?,13-;;/m1../s1. The predicted molar refractivity (Wildman–Crippen MR) is 140 cm³/mol. The van der Waals surface area contributed by atoms with E-state index in [2.05, 4.69) is 4.74 Å². The maximum Gasteiger partial charge on any atom is 0.311 e. The predicted octanol–water partition coefficient (Wildman–Crippen LogP) is 3.99. The molecule has 10 nitrogen and oxygen atoms in total. The number of carbonyl (C=O) groups is 4. The SMILES string of the molecule is CC(C)(C)C(=O)O.CC(C)(C)C(=O)OCC1CC[C@H](N2C=CCC(C(N)=O)=C2)O1.COC(=O)C(C)(C)C. The van der Waals surface area contributed by atoms with Crippen LogP contribution in [0.25, 0.3) is 0 Å². The van der Waals surface area contributed by atoms with Gasteiger partial charge in [0, 0.05) is 18.0 Å².